The highest BCUT2D eigenvalue weighted by atomic mass is 16.6. The fourth-order valence-electron chi connectivity index (χ4n) is 2.86. The van der Waals surface area contributed by atoms with Crippen LogP contribution in [-0.2, 0) is 17.8 Å². The molecule has 0 radical (unpaired) electrons. The van der Waals surface area contributed by atoms with Crippen LogP contribution >= 0.6 is 0 Å². The highest BCUT2D eigenvalue weighted by molar-refractivity contribution is 5.67. The first kappa shape index (κ1) is 18.7. The monoisotopic (exact) mass is 334 g/mol. The summed E-state index contributed by atoms with van der Waals surface area (Å²) in [5.41, 5.74) is 1.83. The Hall–Kier alpha value is -1.59. The lowest BCUT2D eigenvalue weighted by Gasteiger charge is -2.30. The number of likely N-dealkylation sites (tertiary alicyclic amines) is 1. The molecule has 1 atom stereocenters. The predicted molar refractivity (Wildman–Crippen MR) is 94.7 cm³/mol. The van der Waals surface area contributed by atoms with Crippen LogP contribution in [0.2, 0.25) is 0 Å². The Morgan fingerprint density at radius 3 is 2.50 bits per heavy atom. The third-order valence-corrected chi connectivity index (χ3v) is 4.03. The Morgan fingerprint density at radius 2 is 1.92 bits per heavy atom. The minimum Gasteiger partial charge on any atom is -0.444 e. The zero-order valence-electron chi connectivity index (χ0n) is 15.3. The molecule has 1 amide bonds. The molecule has 24 heavy (non-hydrogen) atoms. The summed E-state index contributed by atoms with van der Waals surface area (Å²) in [5.74, 6) is 0. The van der Waals surface area contributed by atoms with Crippen LogP contribution in [0.25, 0.3) is 0 Å². The first-order chi connectivity index (χ1) is 11.2. The van der Waals surface area contributed by atoms with Gasteiger partial charge in [0.1, 0.15) is 5.60 Å². The van der Waals surface area contributed by atoms with E-state index in [0.29, 0.717) is 6.54 Å². The molecule has 0 bridgehead atoms. The summed E-state index contributed by atoms with van der Waals surface area (Å²) < 4.78 is 5.36. The summed E-state index contributed by atoms with van der Waals surface area (Å²) >= 11 is 0. The van der Waals surface area contributed by atoms with E-state index in [1.807, 2.05) is 20.8 Å². The molecule has 0 spiro atoms. The average molecular weight is 334 g/mol. The van der Waals surface area contributed by atoms with Gasteiger partial charge in [0.05, 0.1) is 6.10 Å². The van der Waals surface area contributed by atoms with Crippen LogP contribution in [0, 0.1) is 0 Å². The van der Waals surface area contributed by atoms with E-state index >= 15 is 0 Å². The second-order valence-electron chi connectivity index (χ2n) is 7.68. The lowest BCUT2D eigenvalue weighted by Crippen LogP contribution is -2.37. The largest absolute Gasteiger partial charge is 0.444 e. The zero-order chi connectivity index (χ0) is 17.7. The van der Waals surface area contributed by atoms with E-state index in [4.69, 9.17) is 4.74 Å². The van der Waals surface area contributed by atoms with E-state index < -0.39 is 5.60 Å². The molecule has 2 rings (SSSR count). The normalized spacial score (nSPS) is 19.1. The molecule has 1 fully saturated rings. The molecular weight excluding hydrogens is 304 g/mol. The number of carbonyl (C=O) groups excluding carboxylic acids is 1. The fourth-order valence-corrected chi connectivity index (χ4v) is 2.86. The first-order valence-electron chi connectivity index (χ1n) is 8.65. The number of carbonyl (C=O) groups is 1. The van der Waals surface area contributed by atoms with E-state index in [2.05, 4.69) is 29.2 Å². The van der Waals surface area contributed by atoms with E-state index in [0.717, 1.165) is 38.0 Å². The minimum absolute atomic E-state index is 0.194. The van der Waals surface area contributed by atoms with Gasteiger partial charge in [0.15, 0.2) is 0 Å². The van der Waals surface area contributed by atoms with Crippen LogP contribution in [0.15, 0.2) is 24.3 Å². The second kappa shape index (κ2) is 7.99. The number of benzene rings is 1. The van der Waals surface area contributed by atoms with E-state index in [-0.39, 0.29) is 12.2 Å². The number of rotatable bonds is 4. The van der Waals surface area contributed by atoms with Crippen LogP contribution < -0.4 is 0 Å². The molecule has 1 aromatic carbocycles. The van der Waals surface area contributed by atoms with Gasteiger partial charge in [0.2, 0.25) is 0 Å². The van der Waals surface area contributed by atoms with Gasteiger partial charge < -0.3 is 14.7 Å². The maximum Gasteiger partial charge on any atom is 0.410 e. The van der Waals surface area contributed by atoms with E-state index in [1.165, 1.54) is 5.56 Å². The van der Waals surface area contributed by atoms with Crippen molar-refractivity contribution in [1.82, 2.24) is 9.80 Å². The number of piperidine rings is 1. The molecule has 134 valence electrons. The first-order valence-corrected chi connectivity index (χ1v) is 8.65. The minimum atomic E-state index is -0.478. The molecule has 1 aliphatic heterocycles. The molecule has 1 aliphatic rings. The van der Waals surface area contributed by atoms with Gasteiger partial charge in [-0.05, 0) is 51.3 Å². The van der Waals surface area contributed by atoms with Gasteiger partial charge in [-0.1, -0.05) is 24.3 Å². The summed E-state index contributed by atoms with van der Waals surface area (Å²) in [5, 5.41) is 9.74. The second-order valence-corrected chi connectivity index (χ2v) is 7.68. The van der Waals surface area contributed by atoms with Crippen molar-refractivity contribution >= 4 is 6.09 Å². The molecule has 1 heterocycles. The van der Waals surface area contributed by atoms with Gasteiger partial charge in [0.25, 0.3) is 0 Å². The summed E-state index contributed by atoms with van der Waals surface area (Å²) in [7, 11) is 1.75. The van der Waals surface area contributed by atoms with Crippen molar-refractivity contribution in [1.29, 1.82) is 0 Å². The molecule has 0 aromatic heterocycles. The van der Waals surface area contributed by atoms with Crippen LogP contribution in [0.5, 0.6) is 0 Å². The Labute approximate surface area is 145 Å². The van der Waals surface area contributed by atoms with Crippen molar-refractivity contribution in [3.63, 3.8) is 0 Å². The maximum atomic E-state index is 12.0. The Kier molecular flexibility index (Phi) is 6.24. The maximum absolute atomic E-state index is 12.0. The number of aliphatic hydroxyl groups is 1. The Bertz CT molecular complexity index is 537. The predicted octanol–water partition coefficient (Wildman–Crippen LogP) is 3.01. The van der Waals surface area contributed by atoms with Gasteiger partial charge >= 0.3 is 6.09 Å². The smallest absolute Gasteiger partial charge is 0.410 e. The number of hydrogen-bond donors (Lipinski definition) is 1. The van der Waals surface area contributed by atoms with Crippen molar-refractivity contribution in [2.24, 2.45) is 0 Å². The summed E-state index contributed by atoms with van der Waals surface area (Å²) in [6.45, 7) is 8.78. The highest BCUT2D eigenvalue weighted by Gasteiger charge is 2.20. The third kappa shape index (κ3) is 6.13. The molecule has 1 N–H and O–H groups in total. The van der Waals surface area contributed by atoms with Crippen molar-refractivity contribution < 1.29 is 14.6 Å². The molecule has 5 heteroatoms. The van der Waals surface area contributed by atoms with Gasteiger partial charge in [0, 0.05) is 26.7 Å². The number of nitrogens with zero attached hydrogens (tertiary/aromatic N) is 2. The highest BCUT2D eigenvalue weighted by Crippen LogP contribution is 2.15. The van der Waals surface area contributed by atoms with E-state index in [1.54, 1.807) is 11.9 Å². The van der Waals surface area contributed by atoms with Crippen LogP contribution in [-0.4, -0.2) is 52.8 Å². The van der Waals surface area contributed by atoms with Crippen molar-refractivity contribution in [2.75, 3.05) is 20.1 Å². The topological polar surface area (TPSA) is 53.0 Å². The van der Waals surface area contributed by atoms with Crippen molar-refractivity contribution in [3.8, 4) is 0 Å². The standard InChI is InChI=1S/C19H30N2O3/c1-19(2,3)24-18(23)20(4)12-15-7-9-16(10-8-15)13-21-11-5-6-17(22)14-21/h7-10,17,22H,5-6,11-14H2,1-4H3/t17-/m0/s1. The lowest BCUT2D eigenvalue weighted by molar-refractivity contribution is 0.0285. The van der Waals surface area contributed by atoms with Crippen molar-refractivity contribution in [3.05, 3.63) is 35.4 Å². The molecule has 1 aromatic rings. The van der Waals surface area contributed by atoms with Crippen LogP contribution in [0.1, 0.15) is 44.7 Å². The van der Waals surface area contributed by atoms with Crippen LogP contribution in [0.4, 0.5) is 4.79 Å². The number of ether oxygens (including phenoxy) is 1. The zero-order valence-corrected chi connectivity index (χ0v) is 15.3. The van der Waals surface area contributed by atoms with Gasteiger partial charge in [-0.25, -0.2) is 4.79 Å². The van der Waals surface area contributed by atoms with Crippen LogP contribution in [0.3, 0.4) is 0 Å². The fraction of sp³-hybridized carbons (Fsp3) is 0.632. The Morgan fingerprint density at radius 1 is 1.29 bits per heavy atom. The summed E-state index contributed by atoms with van der Waals surface area (Å²) in [6.07, 6.45) is 1.46. The lowest BCUT2D eigenvalue weighted by atomic mass is 10.1. The number of β-amino-alcohol motifs (C(OH)–C–C–N with tert-alkyl or cyclic N) is 1. The number of hydrogen-bond acceptors (Lipinski definition) is 4. The molecule has 0 unspecified atom stereocenters. The average Bonchev–Trinajstić information content (AvgIpc) is 2.47. The van der Waals surface area contributed by atoms with Gasteiger partial charge in [-0.15, -0.1) is 0 Å². The van der Waals surface area contributed by atoms with Crippen molar-refractivity contribution in [2.45, 2.75) is 58.4 Å². The molecular formula is C19H30N2O3. The summed E-state index contributed by atoms with van der Waals surface area (Å²) in [4.78, 5) is 15.9. The molecule has 0 saturated carbocycles. The van der Waals surface area contributed by atoms with Gasteiger partial charge in [-0.2, -0.15) is 0 Å². The quantitative estimate of drug-likeness (QED) is 0.920. The number of aliphatic hydroxyl groups excluding tert-OH is 1. The molecule has 5 nitrogen and oxygen atoms in total. The molecule has 1 saturated heterocycles. The number of amides is 1. The third-order valence-electron chi connectivity index (χ3n) is 4.03. The summed E-state index contributed by atoms with van der Waals surface area (Å²) in [6, 6.07) is 8.30. The van der Waals surface area contributed by atoms with Gasteiger partial charge in [-0.3, -0.25) is 4.90 Å². The SMILES string of the molecule is CN(Cc1ccc(CN2CCC[C@H](O)C2)cc1)C(=O)OC(C)(C)C. The van der Waals surface area contributed by atoms with E-state index in [9.17, 15) is 9.90 Å². The Balaban J connectivity index is 1.86. The molecule has 0 aliphatic carbocycles.